The molecule has 2 rings (SSSR count). The van der Waals surface area contributed by atoms with Crippen molar-refractivity contribution in [3.05, 3.63) is 35.1 Å². The number of carbonyl (C=O) groups excluding carboxylic acids is 2. The summed E-state index contributed by atoms with van der Waals surface area (Å²) in [7, 11) is 1.28. The second kappa shape index (κ2) is 6.70. The highest BCUT2D eigenvalue weighted by Crippen LogP contribution is 2.26. The zero-order valence-electron chi connectivity index (χ0n) is 12.4. The number of methoxy groups -OCH3 is 1. The van der Waals surface area contributed by atoms with E-state index in [1.807, 2.05) is 0 Å². The van der Waals surface area contributed by atoms with E-state index in [9.17, 15) is 14.0 Å². The summed E-state index contributed by atoms with van der Waals surface area (Å²) in [6.07, 6.45) is 3.73. The molecule has 114 valence electrons. The number of esters is 1. The molecule has 0 radical (unpaired) electrons. The minimum atomic E-state index is -0.518. The van der Waals surface area contributed by atoms with Gasteiger partial charge >= 0.3 is 5.97 Å². The number of benzene rings is 1. The summed E-state index contributed by atoms with van der Waals surface area (Å²) < 4.78 is 18.8. The van der Waals surface area contributed by atoms with Gasteiger partial charge in [0.1, 0.15) is 12.4 Å². The van der Waals surface area contributed by atoms with Crippen LogP contribution in [0.25, 0.3) is 0 Å². The molecule has 0 aliphatic heterocycles. The molecule has 1 aromatic rings. The molecule has 1 fully saturated rings. The van der Waals surface area contributed by atoms with Gasteiger partial charge in [-0.15, -0.1) is 0 Å². The van der Waals surface area contributed by atoms with E-state index in [0.717, 1.165) is 25.7 Å². The van der Waals surface area contributed by atoms with Crippen LogP contribution in [-0.4, -0.2) is 36.5 Å². The molecule has 0 heterocycles. The lowest BCUT2D eigenvalue weighted by atomic mass is 10.1. The predicted octanol–water partition coefficient (Wildman–Crippen LogP) is 2.69. The first-order chi connectivity index (χ1) is 10.0. The lowest BCUT2D eigenvalue weighted by Crippen LogP contribution is -2.43. The zero-order valence-corrected chi connectivity index (χ0v) is 12.4. The summed E-state index contributed by atoms with van der Waals surface area (Å²) in [4.78, 5) is 25.6. The van der Waals surface area contributed by atoms with Gasteiger partial charge in [-0.05, 0) is 31.4 Å². The van der Waals surface area contributed by atoms with Gasteiger partial charge in [-0.1, -0.05) is 25.0 Å². The Morgan fingerprint density at radius 3 is 2.62 bits per heavy atom. The van der Waals surface area contributed by atoms with Crippen LogP contribution >= 0.6 is 0 Å². The van der Waals surface area contributed by atoms with Gasteiger partial charge in [-0.3, -0.25) is 9.59 Å². The standard InChI is InChI=1S/C16H20FNO3/c1-11-6-5-9-13(15(11)17)16(20)18(10-14(19)21-2)12-7-3-4-8-12/h5-6,9,12H,3-4,7-8,10H2,1-2H3. The van der Waals surface area contributed by atoms with Gasteiger partial charge in [-0.2, -0.15) is 0 Å². The van der Waals surface area contributed by atoms with Crippen LogP contribution in [0.5, 0.6) is 0 Å². The summed E-state index contributed by atoms with van der Waals surface area (Å²) in [5.74, 6) is -1.44. The maximum atomic E-state index is 14.2. The second-order valence-electron chi connectivity index (χ2n) is 5.38. The first-order valence-electron chi connectivity index (χ1n) is 7.17. The average molecular weight is 293 g/mol. The van der Waals surface area contributed by atoms with Crippen LogP contribution in [0, 0.1) is 12.7 Å². The topological polar surface area (TPSA) is 46.6 Å². The summed E-state index contributed by atoms with van der Waals surface area (Å²) >= 11 is 0. The summed E-state index contributed by atoms with van der Waals surface area (Å²) in [5, 5.41) is 0. The number of aryl methyl sites for hydroxylation is 1. The number of rotatable bonds is 4. The van der Waals surface area contributed by atoms with Crippen molar-refractivity contribution in [3.8, 4) is 0 Å². The van der Waals surface area contributed by atoms with E-state index < -0.39 is 17.7 Å². The lowest BCUT2D eigenvalue weighted by molar-refractivity contribution is -0.141. The van der Waals surface area contributed by atoms with Crippen molar-refractivity contribution in [1.29, 1.82) is 0 Å². The summed E-state index contributed by atoms with van der Waals surface area (Å²) in [6.45, 7) is 1.49. The van der Waals surface area contributed by atoms with Crippen LogP contribution in [0.3, 0.4) is 0 Å². The molecule has 0 N–H and O–H groups in total. The van der Waals surface area contributed by atoms with E-state index in [1.165, 1.54) is 18.1 Å². The van der Waals surface area contributed by atoms with E-state index in [2.05, 4.69) is 4.74 Å². The highest BCUT2D eigenvalue weighted by atomic mass is 19.1. The smallest absolute Gasteiger partial charge is 0.325 e. The van der Waals surface area contributed by atoms with Crippen LogP contribution < -0.4 is 0 Å². The van der Waals surface area contributed by atoms with Crippen molar-refractivity contribution in [3.63, 3.8) is 0 Å². The molecule has 1 saturated carbocycles. The summed E-state index contributed by atoms with van der Waals surface area (Å²) in [6, 6.07) is 4.71. The first kappa shape index (κ1) is 15.5. The molecule has 0 atom stereocenters. The Balaban J connectivity index is 2.28. The van der Waals surface area contributed by atoms with E-state index in [1.54, 1.807) is 19.1 Å². The van der Waals surface area contributed by atoms with E-state index in [4.69, 9.17) is 0 Å². The van der Waals surface area contributed by atoms with E-state index >= 15 is 0 Å². The molecule has 1 aliphatic carbocycles. The maximum Gasteiger partial charge on any atom is 0.325 e. The highest BCUT2D eigenvalue weighted by molar-refractivity contribution is 5.96. The number of hydrogen-bond donors (Lipinski definition) is 0. The molecule has 0 aromatic heterocycles. The fraction of sp³-hybridized carbons (Fsp3) is 0.500. The van der Waals surface area contributed by atoms with Gasteiger partial charge in [0.25, 0.3) is 5.91 Å². The normalized spacial score (nSPS) is 15.0. The minimum Gasteiger partial charge on any atom is -0.468 e. The first-order valence-corrected chi connectivity index (χ1v) is 7.17. The Bertz CT molecular complexity index is 538. The Morgan fingerprint density at radius 1 is 1.33 bits per heavy atom. The van der Waals surface area contributed by atoms with Crippen LogP contribution in [0.4, 0.5) is 4.39 Å². The fourth-order valence-corrected chi connectivity index (χ4v) is 2.75. The Labute approximate surface area is 123 Å². The SMILES string of the molecule is COC(=O)CN(C(=O)c1cccc(C)c1F)C1CCCC1. The van der Waals surface area contributed by atoms with Crippen LogP contribution in [0.1, 0.15) is 41.6 Å². The lowest BCUT2D eigenvalue weighted by Gasteiger charge is -2.28. The molecule has 1 aromatic carbocycles. The number of hydrogen-bond acceptors (Lipinski definition) is 3. The van der Waals surface area contributed by atoms with Crippen molar-refractivity contribution < 1.29 is 18.7 Å². The van der Waals surface area contributed by atoms with Gasteiger partial charge < -0.3 is 9.64 Å². The number of carbonyl (C=O) groups is 2. The average Bonchev–Trinajstić information content (AvgIpc) is 3.00. The van der Waals surface area contributed by atoms with Gasteiger partial charge in [0.2, 0.25) is 0 Å². The Hall–Kier alpha value is -1.91. The van der Waals surface area contributed by atoms with E-state index in [0.29, 0.717) is 5.56 Å². The van der Waals surface area contributed by atoms with E-state index in [-0.39, 0.29) is 18.2 Å². The fourth-order valence-electron chi connectivity index (χ4n) is 2.75. The van der Waals surface area contributed by atoms with Crippen LogP contribution in [0.15, 0.2) is 18.2 Å². The number of nitrogens with zero attached hydrogens (tertiary/aromatic N) is 1. The third-order valence-electron chi connectivity index (χ3n) is 3.98. The van der Waals surface area contributed by atoms with Crippen molar-refractivity contribution in [2.75, 3.05) is 13.7 Å². The molecule has 0 unspecified atom stereocenters. The Kier molecular flexibility index (Phi) is 4.94. The van der Waals surface area contributed by atoms with Gasteiger partial charge in [0, 0.05) is 6.04 Å². The van der Waals surface area contributed by atoms with Crippen molar-refractivity contribution >= 4 is 11.9 Å². The minimum absolute atomic E-state index is 0.0171. The maximum absolute atomic E-state index is 14.2. The molecule has 1 amide bonds. The number of amides is 1. The van der Waals surface area contributed by atoms with Crippen molar-refractivity contribution in [2.45, 2.75) is 38.6 Å². The zero-order chi connectivity index (χ0) is 15.4. The molecule has 1 aliphatic rings. The summed E-state index contributed by atoms with van der Waals surface area (Å²) in [5.41, 5.74) is 0.441. The Morgan fingerprint density at radius 2 is 2.00 bits per heavy atom. The van der Waals surface area contributed by atoms with Gasteiger partial charge in [-0.25, -0.2) is 4.39 Å². The third-order valence-corrected chi connectivity index (χ3v) is 3.98. The van der Waals surface area contributed by atoms with Gasteiger partial charge in [0.15, 0.2) is 0 Å². The van der Waals surface area contributed by atoms with Gasteiger partial charge in [0.05, 0.1) is 12.7 Å². The number of ether oxygens (including phenoxy) is 1. The number of halogens is 1. The molecular weight excluding hydrogens is 273 g/mol. The molecule has 5 heteroatoms. The molecule has 21 heavy (non-hydrogen) atoms. The quantitative estimate of drug-likeness (QED) is 0.802. The van der Waals surface area contributed by atoms with Crippen molar-refractivity contribution in [1.82, 2.24) is 4.90 Å². The second-order valence-corrected chi connectivity index (χ2v) is 5.38. The third kappa shape index (κ3) is 3.40. The highest BCUT2D eigenvalue weighted by Gasteiger charge is 2.30. The molecule has 0 bridgehead atoms. The molecule has 0 saturated heterocycles. The molecular formula is C16H20FNO3. The predicted molar refractivity (Wildman–Crippen MR) is 76.4 cm³/mol. The van der Waals surface area contributed by atoms with Crippen molar-refractivity contribution in [2.24, 2.45) is 0 Å². The van der Waals surface area contributed by atoms with Crippen LogP contribution in [0.2, 0.25) is 0 Å². The van der Waals surface area contributed by atoms with Crippen LogP contribution in [-0.2, 0) is 9.53 Å². The largest absolute Gasteiger partial charge is 0.468 e. The molecule has 4 nitrogen and oxygen atoms in total. The monoisotopic (exact) mass is 293 g/mol. The molecule has 0 spiro atoms.